The van der Waals surface area contributed by atoms with E-state index in [-0.39, 0.29) is 5.91 Å². The zero-order chi connectivity index (χ0) is 19.1. The van der Waals surface area contributed by atoms with Gasteiger partial charge in [0.05, 0.1) is 13.2 Å². The lowest BCUT2D eigenvalue weighted by molar-refractivity contribution is 0.0398. The first-order valence-corrected chi connectivity index (χ1v) is 9.34. The highest BCUT2D eigenvalue weighted by atomic mass is 16.5. The molecule has 2 N–H and O–H groups in total. The van der Waals surface area contributed by atoms with Crippen LogP contribution in [0.5, 0.6) is 0 Å². The molecule has 7 heteroatoms. The van der Waals surface area contributed by atoms with Gasteiger partial charge in [-0.15, -0.1) is 0 Å². The summed E-state index contributed by atoms with van der Waals surface area (Å²) in [4.78, 5) is 23.6. The highest BCUT2D eigenvalue weighted by Crippen LogP contribution is 2.08. The Kier molecular flexibility index (Phi) is 6.73. The minimum absolute atomic E-state index is 0.194. The molecule has 0 unspecified atom stereocenters. The summed E-state index contributed by atoms with van der Waals surface area (Å²) in [6.45, 7) is 9.47. The number of nitrogens with zero attached hydrogens (tertiary/aromatic N) is 3. The standard InChI is InChI=1S/C20H27N5O2/c1-15-5-3-4-6-17(15)14-22-19(26)18-13-16(2)23-20(24-18)21-7-8-25-9-11-27-12-10-25/h3-6,13H,7-12,14H2,1-2H3,(H,22,26)(H,21,23,24). The van der Waals surface area contributed by atoms with E-state index in [0.29, 0.717) is 18.2 Å². The fourth-order valence-corrected chi connectivity index (χ4v) is 2.99. The van der Waals surface area contributed by atoms with Crippen molar-refractivity contribution in [1.29, 1.82) is 0 Å². The normalized spacial score (nSPS) is 14.7. The Labute approximate surface area is 160 Å². The largest absolute Gasteiger partial charge is 0.379 e. The van der Waals surface area contributed by atoms with E-state index in [4.69, 9.17) is 4.74 Å². The molecule has 7 nitrogen and oxygen atoms in total. The van der Waals surface area contributed by atoms with Gasteiger partial charge in [-0.3, -0.25) is 9.69 Å². The quantitative estimate of drug-likeness (QED) is 0.774. The molecule has 0 aliphatic carbocycles. The van der Waals surface area contributed by atoms with Crippen molar-refractivity contribution < 1.29 is 9.53 Å². The number of hydrogen-bond acceptors (Lipinski definition) is 6. The summed E-state index contributed by atoms with van der Waals surface area (Å²) < 4.78 is 5.35. The van der Waals surface area contributed by atoms with Crippen molar-refractivity contribution in [2.45, 2.75) is 20.4 Å². The number of benzene rings is 1. The highest BCUT2D eigenvalue weighted by Gasteiger charge is 2.12. The number of carbonyl (C=O) groups excluding carboxylic acids is 1. The fourth-order valence-electron chi connectivity index (χ4n) is 2.99. The summed E-state index contributed by atoms with van der Waals surface area (Å²) in [6, 6.07) is 9.72. The molecule has 1 aliphatic heterocycles. The van der Waals surface area contributed by atoms with Crippen molar-refractivity contribution in [3.05, 3.63) is 52.8 Å². The summed E-state index contributed by atoms with van der Waals surface area (Å²) in [5.41, 5.74) is 3.40. The van der Waals surface area contributed by atoms with Gasteiger partial charge < -0.3 is 15.4 Å². The van der Waals surface area contributed by atoms with E-state index in [1.54, 1.807) is 6.07 Å². The molecule has 1 aliphatic rings. The van der Waals surface area contributed by atoms with Crippen molar-refractivity contribution in [3.8, 4) is 0 Å². The van der Waals surface area contributed by atoms with Crippen LogP contribution in [-0.2, 0) is 11.3 Å². The first-order valence-electron chi connectivity index (χ1n) is 9.34. The summed E-state index contributed by atoms with van der Waals surface area (Å²) >= 11 is 0. The van der Waals surface area contributed by atoms with Gasteiger partial charge in [-0.05, 0) is 31.0 Å². The van der Waals surface area contributed by atoms with Crippen molar-refractivity contribution in [1.82, 2.24) is 20.2 Å². The molecule has 0 atom stereocenters. The van der Waals surface area contributed by atoms with Crippen molar-refractivity contribution in [2.24, 2.45) is 0 Å². The predicted octanol–water partition coefficient (Wildman–Crippen LogP) is 1.77. The Bertz CT molecular complexity index is 775. The number of aryl methyl sites for hydroxylation is 2. The molecule has 1 saturated heterocycles. The average molecular weight is 369 g/mol. The molecule has 144 valence electrons. The first-order chi connectivity index (χ1) is 13.1. The lowest BCUT2D eigenvalue weighted by Crippen LogP contribution is -2.39. The molecule has 27 heavy (non-hydrogen) atoms. The van der Waals surface area contributed by atoms with Crippen molar-refractivity contribution >= 4 is 11.9 Å². The maximum atomic E-state index is 12.5. The molecule has 0 saturated carbocycles. The van der Waals surface area contributed by atoms with E-state index >= 15 is 0 Å². The number of amides is 1. The monoisotopic (exact) mass is 369 g/mol. The SMILES string of the molecule is Cc1cc(C(=O)NCc2ccccc2C)nc(NCCN2CCOCC2)n1. The maximum Gasteiger partial charge on any atom is 0.270 e. The van der Waals surface area contributed by atoms with Gasteiger partial charge in [-0.25, -0.2) is 9.97 Å². The van der Waals surface area contributed by atoms with Crippen LogP contribution in [-0.4, -0.2) is 60.2 Å². The number of ether oxygens (including phenoxy) is 1. The van der Waals surface area contributed by atoms with Gasteiger partial charge in [0.25, 0.3) is 5.91 Å². The Hall–Kier alpha value is -2.51. The number of nitrogens with one attached hydrogen (secondary N) is 2. The Morgan fingerprint density at radius 1 is 1.19 bits per heavy atom. The summed E-state index contributed by atoms with van der Waals surface area (Å²) in [5, 5.41) is 6.17. The van der Waals surface area contributed by atoms with Crippen LogP contribution in [0.3, 0.4) is 0 Å². The van der Waals surface area contributed by atoms with Gasteiger partial charge in [0.2, 0.25) is 5.95 Å². The maximum absolute atomic E-state index is 12.5. The van der Waals surface area contributed by atoms with E-state index in [2.05, 4.69) is 25.5 Å². The van der Waals surface area contributed by atoms with Gasteiger partial charge in [0.1, 0.15) is 5.69 Å². The van der Waals surface area contributed by atoms with E-state index in [9.17, 15) is 4.79 Å². The highest BCUT2D eigenvalue weighted by molar-refractivity contribution is 5.92. The van der Waals surface area contributed by atoms with Crippen LogP contribution in [0.15, 0.2) is 30.3 Å². The zero-order valence-corrected chi connectivity index (χ0v) is 16.0. The second-order valence-corrected chi connectivity index (χ2v) is 6.71. The Morgan fingerprint density at radius 3 is 2.74 bits per heavy atom. The summed E-state index contributed by atoms with van der Waals surface area (Å²) in [7, 11) is 0. The smallest absolute Gasteiger partial charge is 0.270 e. The predicted molar refractivity (Wildman–Crippen MR) is 105 cm³/mol. The van der Waals surface area contributed by atoms with E-state index < -0.39 is 0 Å². The third-order valence-corrected chi connectivity index (χ3v) is 4.60. The third kappa shape index (κ3) is 5.74. The van der Waals surface area contributed by atoms with Gasteiger partial charge in [-0.1, -0.05) is 24.3 Å². The van der Waals surface area contributed by atoms with Crippen LogP contribution in [0, 0.1) is 13.8 Å². The molecule has 0 bridgehead atoms. The summed E-state index contributed by atoms with van der Waals surface area (Å²) in [6.07, 6.45) is 0. The van der Waals surface area contributed by atoms with Crippen LogP contribution in [0.1, 0.15) is 27.3 Å². The summed E-state index contributed by atoms with van der Waals surface area (Å²) in [5.74, 6) is 0.296. The minimum atomic E-state index is -0.194. The minimum Gasteiger partial charge on any atom is -0.379 e. The number of carbonyl (C=O) groups is 1. The number of rotatable bonds is 7. The second-order valence-electron chi connectivity index (χ2n) is 6.71. The van der Waals surface area contributed by atoms with Gasteiger partial charge in [0, 0.05) is 38.4 Å². The number of aromatic nitrogens is 2. The number of hydrogen-bond donors (Lipinski definition) is 2. The molecule has 1 aromatic carbocycles. The van der Waals surface area contributed by atoms with Crippen LogP contribution in [0.4, 0.5) is 5.95 Å². The molecule has 0 radical (unpaired) electrons. The van der Waals surface area contributed by atoms with Gasteiger partial charge in [-0.2, -0.15) is 0 Å². The van der Waals surface area contributed by atoms with E-state index in [0.717, 1.165) is 56.2 Å². The van der Waals surface area contributed by atoms with Crippen molar-refractivity contribution in [2.75, 3.05) is 44.7 Å². The zero-order valence-electron chi connectivity index (χ0n) is 16.0. The third-order valence-electron chi connectivity index (χ3n) is 4.60. The van der Waals surface area contributed by atoms with Gasteiger partial charge in [0.15, 0.2) is 0 Å². The van der Waals surface area contributed by atoms with E-state index in [1.165, 1.54) is 0 Å². The molecular weight excluding hydrogens is 342 g/mol. The van der Waals surface area contributed by atoms with Crippen LogP contribution in [0.25, 0.3) is 0 Å². The lowest BCUT2D eigenvalue weighted by atomic mass is 10.1. The Balaban J connectivity index is 1.55. The first kappa shape index (κ1) is 19.3. The molecule has 1 amide bonds. The molecule has 3 rings (SSSR count). The molecule has 0 spiro atoms. The van der Waals surface area contributed by atoms with Crippen molar-refractivity contribution in [3.63, 3.8) is 0 Å². The molecular formula is C20H27N5O2. The van der Waals surface area contributed by atoms with Gasteiger partial charge >= 0.3 is 0 Å². The number of anilines is 1. The lowest BCUT2D eigenvalue weighted by Gasteiger charge is -2.26. The molecule has 1 aromatic heterocycles. The number of morpholine rings is 1. The van der Waals surface area contributed by atoms with Crippen LogP contribution >= 0.6 is 0 Å². The Morgan fingerprint density at radius 2 is 1.96 bits per heavy atom. The second kappa shape index (κ2) is 9.43. The molecule has 1 fully saturated rings. The van der Waals surface area contributed by atoms with E-state index in [1.807, 2.05) is 38.1 Å². The topological polar surface area (TPSA) is 79.4 Å². The molecule has 2 aromatic rings. The van der Waals surface area contributed by atoms with Crippen LogP contribution < -0.4 is 10.6 Å². The average Bonchev–Trinajstić information content (AvgIpc) is 2.67. The van der Waals surface area contributed by atoms with Crippen LogP contribution in [0.2, 0.25) is 0 Å². The fraction of sp³-hybridized carbons (Fsp3) is 0.450. The molecule has 2 heterocycles.